The lowest BCUT2D eigenvalue weighted by molar-refractivity contribution is -0.119. The van der Waals surface area contributed by atoms with Crippen LogP contribution in [0.2, 0.25) is 0 Å². The maximum atomic E-state index is 12.1. The largest absolute Gasteiger partial charge is 0.348 e. The van der Waals surface area contributed by atoms with Gasteiger partial charge in [-0.3, -0.25) is 4.79 Å². The van der Waals surface area contributed by atoms with Crippen molar-refractivity contribution < 1.29 is 4.79 Å². The van der Waals surface area contributed by atoms with Crippen molar-refractivity contribution in [2.45, 2.75) is 17.3 Å². The third-order valence-corrected chi connectivity index (χ3v) is 6.62. The summed E-state index contributed by atoms with van der Waals surface area (Å²) in [4.78, 5) is 13.3. The van der Waals surface area contributed by atoms with Gasteiger partial charge in [0.05, 0.1) is 17.5 Å². The van der Waals surface area contributed by atoms with E-state index in [0.717, 1.165) is 14.9 Å². The third-order valence-electron chi connectivity index (χ3n) is 3.20. The molecule has 0 fully saturated rings. The smallest absolute Gasteiger partial charge is 0.230 e. The molecule has 1 N–H and O–H groups in total. The Kier molecular flexibility index (Phi) is 5.83. The van der Waals surface area contributed by atoms with Gasteiger partial charge in [0, 0.05) is 4.88 Å². The Hall–Kier alpha value is -1.48. The van der Waals surface area contributed by atoms with Crippen LogP contribution >= 0.6 is 46.7 Å². The quantitative estimate of drug-likeness (QED) is 0.487. The highest BCUT2D eigenvalue weighted by molar-refractivity contribution is 8.01. The number of thiophene rings is 1. The number of amides is 1. The first kappa shape index (κ1) is 17.3. The molecule has 0 bridgehead atoms. The van der Waals surface area contributed by atoms with Gasteiger partial charge in [-0.25, -0.2) is 4.68 Å². The van der Waals surface area contributed by atoms with Crippen LogP contribution in [0.4, 0.5) is 0 Å². The van der Waals surface area contributed by atoms with Crippen LogP contribution in [0.15, 0.2) is 52.2 Å². The lowest BCUT2D eigenvalue weighted by Crippen LogP contribution is -2.27. The molecule has 0 spiro atoms. The molecule has 1 atom stereocenters. The molecule has 124 valence electrons. The monoisotopic (exact) mass is 393 g/mol. The van der Waals surface area contributed by atoms with E-state index >= 15 is 0 Å². The number of carbonyl (C=O) groups excluding carboxylic acids is 1. The number of aromatic nitrogens is 2. The number of carbonyl (C=O) groups is 1. The predicted octanol–water partition coefficient (Wildman–Crippen LogP) is 4.69. The van der Waals surface area contributed by atoms with Gasteiger partial charge >= 0.3 is 0 Å². The lowest BCUT2D eigenvalue weighted by atomic mass is 10.3. The molecule has 1 aromatic carbocycles. The fourth-order valence-electron chi connectivity index (χ4n) is 2.07. The molecule has 0 saturated heterocycles. The highest BCUT2D eigenvalue weighted by Crippen LogP contribution is 2.24. The first-order chi connectivity index (χ1) is 11.6. The molecular formula is C16H15N3OS4. The number of hydrogen-bond donors (Lipinski definition) is 1. The summed E-state index contributed by atoms with van der Waals surface area (Å²) in [6, 6.07) is 13.8. The van der Waals surface area contributed by atoms with E-state index in [-0.39, 0.29) is 11.9 Å². The number of nitrogens with zero attached hydrogens (tertiary/aromatic N) is 2. The minimum atomic E-state index is -0.00622. The molecule has 24 heavy (non-hydrogen) atoms. The zero-order valence-electron chi connectivity index (χ0n) is 12.8. The summed E-state index contributed by atoms with van der Waals surface area (Å²) in [5.74, 6) is 0.320. The van der Waals surface area contributed by atoms with E-state index in [1.54, 1.807) is 16.0 Å². The van der Waals surface area contributed by atoms with Crippen LogP contribution in [0, 0.1) is 3.95 Å². The van der Waals surface area contributed by atoms with E-state index in [2.05, 4.69) is 10.4 Å². The predicted molar refractivity (Wildman–Crippen MR) is 104 cm³/mol. The highest BCUT2D eigenvalue weighted by Gasteiger charge is 2.12. The van der Waals surface area contributed by atoms with Crippen molar-refractivity contribution in [3.8, 4) is 5.69 Å². The van der Waals surface area contributed by atoms with Crippen LogP contribution in [-0.2, 0) is 4.79 Å². The molecule has 0 aliphatic carbocycles. The van der Waals surface area contributed by atoms with Gasteiger partial charge in [0.15, 0.2) is 8.29 Å². The van der Waals surface area contributed by atoms with E-state index in [4.69, 9.17) is 12.2 Å². The summed E-state index contributed by atoms with van der Waals surface area (Å²) in [5.41, 5.74) is 0.932. The van der Waals surface area contributed by atoms with Gasteiger partial charge in [0.1, 0.15) is 0 Å². The number of thioether (sulfide) groups is 1. The SMILES string of the molecule is CC(NC(=O)CSc1nn(-c2ccccc2)c(=S)s1)c1cccs1. The van der Waals surface area contributed by atoms with Gasteiger partial charge < -0.3 is 5.32 Å². The van der Waals surface area contributed by atoms with Gasteiger partial charge in [-0.1, -0.05) is 47.4 Å². The van der Waals surface area contributed by atoms with E-state index in [0.29, 0.717) is 9.71 Å². The Morgan fingerprint density at radius 2 is 2.12 bits per heavy atom. The fraction of sp³-hybridized carbons (Fsp3) is 0.188. The molecule has 0 saturated carbocycles. The normalized spacial score (nSPS) is 12.0. The molecule has 0 aliphatic heterocycles. The van der Waals surface area contributed by atoms with Crippen LogP contribution in [0.25, 0.3) is 5.69 Å². The van der Waals surface area contributed by atoms with Crippen molar-refractivity contribution in [1.82, 2.24) is 15.1 Å². The minimum Gasteiger partial charge on any atom is -0.348 e. The lowest BCUT2D eigenvalue weighted by Gasteiger charge is -2.11. The maximum absolute atomic E-state index is 12.1. The Labute approximate surface area is 157 Å². The molecular weight excluding hydrogens is 378 g/mol. The minimum absolute atomic E-state index is 0.00622. The summed E-state index contributed by atoms with van der Waals surface area (Å²) in [5, 5.41) is 9.51. The highest BCUT2D eigenvalue weighted by atomic mass is 32.2. The van der Waals surface area contributed by atoms with Crippen LogP contribution in [-0.4, -0.2) is 21.4 Å². The molecule has 3 rings (SSSR count). The second kappa shape index (κ2) is 8.06. The molecule has 1 unspecified atom stereocenters. The molecule has 0 aliphatic rings. The van der Waals surface area contributed by atoms with Crippen molar-refractivity contribution in [2.75, 3.05) is 5.75 Å². The number of nitrogens with one attached hydrogen (secondary N) is 1. The van der Waals surface area contributed by atoms with Crippen molar-refractivity contribution in [1.29, 1.82) is 0 Å². The van der Waals surface area contributed by atoms with E-state index < -0.39 is 0 Å². The summed E-state index contributed by atoms with van der Waals surface area (Å²) in [6.45, 7) is 1.99. The van der Waals surface area contributed by atoms with E-state index in [9.17, 15) is 4.79 Å². The van der Waals surface area contributed by atoms with Crippen LogP contribution in [0.1, 0.15) is 17.8 Å². The van der Waals surface area contributed by atoms with Crippen LogP contribution in [0.5, 0.6) is 0 Å². The van der Waals surface area contributed by atoms with Crippen LogP contribution in [0.3, 0.4) is 0 Å². The summed E-state index contributed by atoms with van der Waals surface area (Å²) < 4.78 is 3.20. The Morgan fingerprint density at radius 3 is 2.83 bits per heavy atom. The fourth-order valence-corrected chi connectivity index (χ4v) is 4.98. The zero-order valence-corrected chi connectivity index (χ0v) is 16.1. The number of rotatable bonds is 6. The maximum Gasteiger partial charge on any atom is 0.230 e. The number of hydrogen-bond acceptors (Lipinski definition) is 6. The van der Waals surface area contributed by atoms with Crippen molar-refractivity contribution in [3.05, 3.63) is 56.7 Å². The third kappa shape index (κ3) is 4.32. The Morgan fingerprint density at radius 1 is 1.33 bits per heavy atom. The van der Waals surface area contributed by atoms with Gasteiger partial charge in [0.2, 0.25) is 5.91 Å². The molecule has 2 aromatic heterocycles. The van der Waals surface area contributed by atoms with E-state index in [1.165, 1.54) is 23.1 Å². The second-order valence-electron chi connectivity index (χ2n) is 4.97. The van der Waals surface area contributed by atoms with Gasteiger partial charge in [0.25, 0.3) is 0 Å². The summed E-state index contributed by atoms with van der Waals surface area (Å²) >= 11 is 9.83. The molecule has 4 nitrogen and oxygen atoms in total. The first-order valence-electron chi connectivity index (χ1n) is 7.24. The first-order valence-corrected chi connectivity index (χ1v) is 10.3. The van der Waals surface area contributed by atoms with E-state index in [1.807, 2.05) is 54.8 Å². The van der Waals surface area contributed by atoms with Gasteiger partial charge in [-0.05, 0) is 42.7 Å². The summed E-state index contributed by atoms with van der Waals surface area (Å²) in [6.07, 6.45) is 0. The Balaban J connectivity index is 1.59. The standard InChI is InChI=1S/C16H15N3OS4/c1-11(13-8-5-9-22-13)17-14(20)10-23-15-18-19(16(21)24-15)12-6-3-2-4-7-12/h2-9,11H,10H2,1H3,(H,17,20). The molecule has 2 heterocycles. The van der Waals surface area contributed by atoms with Crippen molar-refractivity contribution in [2.24, 2.45) is 0 Å². The van der Waals surface area contributed by atoms with Gasteiger partial charge in [-0.15, -0.1) is 16.4 Å². The van der Waals surface area contributed by atoms with Gasteiger partial charge in [-0.2, -0.15) is 0 Å². The summed E-state index contributed by atoms with van der Waals surface area (Å²) in [7, 11) is 0. The average molecular weight is 394 g/mol. The van der Waals surface area contributed by atoms with Crippen LogP contribution < -0.4 is 5.32 Å². The molecule has 8 heteroatoms. The molecule has 3 aromatic rings. The van der Waals surface area contributed by atoms with Crippen molar-refractivity contribution >= 4 is 52.6 Å². The number of benzene rings is 1. The Bertz CT molecular complexity index is 855. The molecule has 1 amide bonds. The number of para-hydroxylation sites is 1. The zero-order chi connectivity index (χ0) is 16.9. The second-order valence-corrected chi connectivity index (χ2v) is 8.80. The van der Waals surface area contributed by atoms with Crippen molar-refractivity contribution in [3.63, 3.8) is 0 Å². The topological polar surface area (TPSA) is 46.9 Å². The molecule has 0 radical (unpaired) electrons. The average Bonchev–Trinajstić information content (AvgIpc) is 3.23.